The number of hydrogen-bond donors (Lipinski definition) is 2. The van der Waals surface area contributed by atoms with E-state index in [0.29, 0.717) is 37.2 Å². The van der Waals surface area contributed by atoms with Crippen LogP contribution in [0.3, 0.4) is 0 Å². The molecule has 0 aliphatic carbocycles. The Labute approximate surface area is 203 Å². The number of aromatic nitrogens is 1. The van der Waals surface area contributed by atoms with Crippen LogP contribution in [0.4, 0.5) is 0 Å². The molecular weight excluding hydrogens is 470 g/mol. The summed E-state index contributed by atoms with van der Waals surface area (Å²) in [6, 6.07) is 11.3. The van der Waals surface area contributed by atoms with E-state index in [1.54, 1.807) is 29.2 Å². The Bertz CT molecular complexity index is 1370. The fourth-order valence-corrected chi connectivity index (χ4v) is 5.75. The van der Waals surface area contributed by atoms with Crippen molar-refractivity contribution >= 4 is 32.8 Å². The van der Waals surface area contributed by atoms with Crippen LogP contribution in [0.15, 0.2) is 47.4 Å². The number of rotatable bonds is 6. The third-order valence-corrected chi connectivity index (χ3v) is 8.06. The lowest BCUT2D eigenvalue weighted by molar-refractivity contribution is 0.0600. The molecule has 1 unspecified atom stereocenters. The Hall–Kier alpha value is -3.21. The van der Waals surface area contributed by atoms with Gasteiger partial charge in [-0.2, -0.15) is 0 Å². The molecule has 2 aromatic carbocycles. The minimum Gasteiger partial charge on any atom is -0.465 e. The normalized spacial score (nSPS) is 18.0. The van der Waals surface area contributed by atoms with Gasteiger partial charge in [-0.15, -0.1) is 0 Å². The van der Waals surface area contributed by atoms with E-state index in [1.807, 2.05) is 6.07 Å². The molecule has 0 radical (unpaired) electrons. The number of nitrogens with zero attached hydrogens (tertiary/aromatic N) is 1. The van der Waals surface area contributed by atoms with Gasteiger partial charge >= 0.3 is 5.97 Å². The van der Waals surface area contributed by atoms with E-state index in [2.05, 4.69) is 9.71 Å². The van der Waals surface area contributed by atoms with Gasteiger partial charge in [0.05, 0.1) is 23.7 Å². The number of esters is 1. The summed E-state index contributed by atoms with van der Waals surface area (Å²) in [4.78, 5) is 30.4. The summed E-state index contributed by atoms with van der Waals surface area (Å²) >= 11 is 0. The molecule has 184 valence electrons. The van der Waals surface area contributed by atoms with Crippen molar-refractivity contribution in [3.05, 3.63) is 64.8 Å². The predicted octanol–water partition coefficient (Wildman–Crippen LogP) is 2.61. The first-order chi connectivity index (χ1) is 16.9. The molecular formula is C25H27N3O6S. The van der Waals surface area contributed by atoms with Crippen molar-refractivity contribution in [1.82, 2.24) is 14.6 Å². The average Bonchev–Trinajstić information content (AvgIpc) is 3.53. The number of ether oxygens (including phenoxy) is 2. The van der Waals surface area contributed by atoms with Gasteiger partial charge in [0, 0.05) is 60.4 Å². The summed E-state index contributed by atoms with van der Waals surface area (Å²) < 4.78 is 38.1. The molecule has 5 rings (SSSR count). The van der Waals surface area contributed by atoms with Gasteiger partial charge in [0.1, 0.15) is 0 Å². The SMILES string of the molecule is COC(=O)c1ccc2[nH]c3c(c2c1)CN(C(=O)c1ccc(S(=O)(=O)NCC2CCCO2)cc1)CC3. The summed E-state index contributed by atoms with van der Waals surface area (Å²) in [7, 11) is -2.34. The second-order valence-corrected chi connectivity index (χ2v) is 10.6. The summed E-state index contributed by atoms with van der Waals surface area (Å²) in [5.41, 5.74) is 3.80. The molecule has 0 spiro atoms. The fourth-order valence-electron chi connectivity index (χ4n) is 4.68. The first-order valence-electron chi connectivity index (χ1n) is 11.6. The Kier molecular flexibility index (Phi) is 6.35. The number of carbonyl (C=O) groups is 2. The van der Waals surface area contributed by atoms with Crippen molar-refractivity contribution < 1.29 is 27.5 Å². The molecule has 1 amide bonds. The minimum absolute atomic E-state index is 0.0946. The number of fused-ring (bicyclic) bond motifs is 3. The van der Waals surface area contributed by atoms with Gasteiger partial charge in [0.2, 0.25) is 10.0 Å². The number of H-pyrrole nitrogens is 1. The zero-order chi connectivity index (χ0) is 24.6. The molecule has 1 aromatic heterocycles. The first-order valence-corrected chi connectivity index (χ1v) is 13.1. The second-order valence-electron chi connectivity index (χ2n) is 8.82. The lowest BCUT2D eigenvalue weighted by Crippen LogP contribution is -2.36. The Morgan fingerprint density at radius 1 is 1.17 bits per heavy atom. The van der Waals surface area contributed by atoms with Crippen molar-refractivity contribution in [2.24, 2.45) is 0 Å². The van der Waals surface area contributed by atoms with Gasteiger partial charge in [0.15, 0.2) is 0 Å². The molecule has 0 saturated carbocycles. The van der Waals surface area contributed by atoms with Gasteiger partial charge in [0.25, 0.3) is 5.91 Å². The van der Waals surface area contributed by atoms with E-state index < -0.39 is 16.0 Å². The maximum atomic E-state index is 13.2. The van der Waals surface area contributed by atoms with Gasteiger partial charge < -0.3 is 19.4 Å². The van der Waals surface area contributed by atoms with E-state index in [1.165, 1.54) is 19.2 Å². The number of benzene rings is 2. The van der Waals surface area contributed by atoms with Crippen molar-refractivity contribution in [3.8, 4) is 0 Å². The van der Waals surface area contributed by atoms with Crippen molar-refractivity contribution in [2.45, 2.75) is 36.8 Å². The summed E-state index contributed by atoms with van der Waals surface area (Å²) in [6.07, 6.45) is 2.34. The van der Waals surface area contributed by atoms with Crippen LogP contribution in [-0.2, 0) is 32.5 Å². The molecule has 2 aliphatic heterocycles. The number of methoxy groups -OCH3 is 1. The number of amides is 1. The van der Waals surface area contributed by atoms with Crippen LogP contribution in [0.25, 0.3) is 10.9 Å². The topological polar surface area (TPSA) is 118 Å². The maximum Gasteiger partial charge on any atom is 0.337 e. The van der Waals surface area contributed by atoms with Crippen LogP contribution in [0.2, 0.25) is 0 Å². The molecule has 1 fully saturated rings. The third-order valence-electron chi connectivity index (χ3n) is 6.62. The molecule has 35 heavy (non-hydrogen) atoms. The first kappa shape index (κ1) is 23.5. The largest absolute Gasteiger partial charge is 0.465 e. The Balaban J connectivity index is 1.31. The third kappa shape index (κ3) is 4.69. The number of aromatic amines is 1. The van der Waals surface area contributed by atoms with Gasteiger partial charge in [-0.25, -0.2) is 17.9 Å². The Morgan fingerprint density at radius 2 is 1.94 bits per heavy atom. The highest BCUT2D eigenvalue weighted by Crippen LogP contribution is 2.29. The molecule has 3 heterocycles. The molecule has 1 saturated heterocycles. The number of carbonyl (C=O) groups excluding carboxylic acids is 2. The zero-order valence-corrected chi connectivity index (χ0v) is 20.2. The van der Waals surface area contributed by atoms with Crippen molar-refractivity contribution in [1.29, 1.82) is 0 Å². The van der Waals surface area contributed by atoms with Gasteiger partial charge in [-0.3, -0.25) is 4.79 Å². The lowest BCUT2D eigenvalue weighted by Gasteiger charge is -2.27. The molecule has 9 nitrogen and oxygen atoms in total. The lowest BCUT2D eigenvalue weighted by atomic mass is 10.0. The predicted molar refractivity (Wildman–Crippen MR) is 129 cm³/mol. The molecule has 2 N–H and O–H groups in total. The summed E-state index contributed by atoms with van der Waals surface area (Å²) in [6.45, 7) is 1.82. The van der Waals surface area contributed by atoms with Crippen molar-refractivity contribution in [2.75, 3.05) is 26.8 Å². The van der Waals surface area contributed by atoms with E-state index in [-0.39, 0.29) is 23.5 Å². The van der Waals surface area contributed by atoms with E-state index >= 15 is 0 Å². The van der Waals surface area contributed by atoms with E-state index in [9.17, 15) is 18.0 Å². The Morgan fingerprint density at radius 3 is 2.66 bits per heavy atom. The highest BCUT2D eigenvalue weighted by atomic mass is 32.2. The van der Waals surface area contributed by atoms with Crippen LogP contribution >= 0.6 is 0 Å². The van der Waals surface area contributed by atoms with E-state index in [4.69, 9.17) is 9.47 Å². The second kappa shape index (κ2) is 9.44. The van der Waals surface area contributed by atoms with Crippen LogP contribution in [-0.4, -0.2) is 63.1 Å². The summed E-state index contributed by atoms with van der Waals surface area (Å²) in [5.74, 6) is -0.587. The number of nitrogens with one attached hydrogen (secondary N) is 2. The molecule has 2 aliphatic rings. The van der Waals surface area contributed by atoms with Crippen LogP contribution < -0.4 is 4.72 Å². The standard InChI is InChI=1S/C25H27N3O6S/c1-33-25(30)17-6-9-22-20(13-17)21-15-28(11-10-23(21)27-22)24(29)16-4-7-19(8-5-16)35(31,32)26-14-18-3-2-12-34-18/h4-9,13,18,26-27H,2-3,10-12,14-15H2,1H3. The van der Waals surface area contributed by atoms with Gasteiger partial charge in [-0.1, -0.05) is 0 Å². The molecule has 3 aromatic rings. The van der Waals surface area contributed by atoms with Crippen LogP contribution in [0.1, 0.15) is 44.8 Å². The average molecular weight is 498 g/mol. The monoisotopic (exact) mass is 497 g/mol. The number of hydrogen-bond acceptors (Lipinski definition) is 6. The molecule has 1 atom stereocenters. The molecule has 0 bridgehead atoms. The minimum atomic E-state index is -3.68. The smallest absolute Gasteiger partial charge is 0.337 e. The number of sulfonamides is 1. The van der Waals surface area contributed by atoms with Crippen molar-refractivity contribution in [3.63, 3.8) is 0 Å². The van der Waals surface area contributed by atoms with Crippen LogP contribution in [0.5, 0.6) is 0 Å². The fraction of sp³-hybridized carbons (Fsp3) is 0.360. The summed E-state index contributed by atoms with van der Waals surface area (Å²) in [5, 5.41) is 0.888. The highest BCUT2D eigenvalue weighted by Gasteiger charge is 2.26. The maximum absolute atomic E-state index is 13.2. The zero-order valence-electron chi connectivity index (χ0n) is 19.4. The molecule has 10 heteroatoms. The van der Waals surface area contributed by atoms with E-state index in [0.717, 1.165) is 35.0 Å². The highest BCUT2D eigenvalue weighted by molar-refractivity contribution is 7.89. The quantitative estimate of drug-likeness (QED) is 0.506. The van der Waals surface area contributed by atoms with Gasteiger partial charge in [-0.05, 0) is 55.3 Å². The van der Waals surface area contributed by atoms with Crippen LogP contribution in [0, 0.1) is 0 Å².